The van der Waals surface area contributed by atoms with Gasteiger partial charge in [-0.1, -0.05) is 29.3 Å². The highest BCUT2D eigenvalue weighted by Crippen LogP contribution is 2.21. The number of nitrogens with one attached hydrogen (secondary N) is 2. The van der Waals surface area contributed by atoms with E-state index in [4.69, 9.17) is 23.2 Å². The van der Waals surface area contributed by atoms with Crippen LogP contribution >= 0.6 is 35.6 Å². The molecule has 2 rings (SSSR count). The molecule has 1 aromatic rings. The van der Waals surface area contributed by atoms with Crippen molar-refractivity contribution in [1.29, 1.82) is 0 Å². The van der Waals surface area contributed by atoms with E-state index in [1.165, 1.54) is 0 Å². The standard InChI is InChI=1S/C14H18Cl2N2O.ClH/c1-9-13(3-2-6-17-9)18-14(19)7-10-4-5-11(15)8-12(10)16;/h4-5,8-9,13,17H,2-3,6-7H2,1H3,(H,18,19);1H. The first-order valence-electron chi connectivity index (χ1n) is 6.53. The van der Waals surface area contributed by atoms with E-state index in [0.717, 1.165) is 24.9 Å². The van der Waals surface area contributed by atoms with Crippen LogP contribution in [-0.4, -0.2) is 24.5 Å². The first-order chi connectivity index (χ1) is 9.06. The van der Waals surface area contributed by atoms with E-state index in [1.54, 1.807) is 18.2 Å². The molecule has 3 nitrogen and oxygen atoms in total. The molecule has 1 aliphatic rings. The molecule has 20 heavy (non-hydrogen) atoms. The third kappa shape index (κ3) is 4.81. The van der Waals surface area contributed by atoms with Gasteiger partial charge in [0, 0.05) is 22.1 Å². The number of carbonyl (C=O) groups is 1. The Morgan fingerprint density at radius 2 is 2.20 bits per heavy atom. The lowest BCUT2D eigenvalue weighted by atomic mass is 9.99. The SMILES string of the molecule is CC1NCCCC1NC(=O)Cc1ccc(Cl)cc1Cl.Cl. The molecule has 6 heteroatoms. The number of hydrogen-bond donors (Lipinski definition) is 2. The Morgan fingerprint density at radius 1 is 1.45 bits per heavy atom. The topological polar surface area (TPSA) is 41.1 Å². The van der Waals surface area contributed by atoms with Crippen LogP contribution in [0, 0.1) is 0 Å². The van der Waals surface area contributed by atoms with Crippen LogP contribution in [0.15, 0.2) is 18.2 Å². The minimum Gasteiger partial charge on any atom is -0.352 e. The summed E-state index contributed by atoms with van der Waals surface area (Å²) >= 11 is 11.9. The highest BCUT2D eigenvalue weighted by atomic mass is 35.5. The second-order valence-corrected chi connectivity index (χ2v) is 5.82. The minimum absolute atomic E-state index is 0. The molecule has 2 unspecified atom stereocenters. The van der Waals surface area contributed by atoms with Gasteiger partial charge in [0.25, 0.3) is 0 Å². The van der Waals surface area contributed by atoms with Crippen molar-refractivity contribution >= 4 is 41.5 Å². The molecule has 1 aromatic carbocycles. The fourth-order valence-corrected chi connectivity index (χ4v) is 2.81. The molecule has 0 radical (unpaired) electrons. The second kappa shape index (κ2) is 8.08. The van der Waals surface area contributed by atoms with Crippen molar-refractivity contribution < 1.29 is 4.79 Å². The zero-order valence-corrected chi connectivity index (χ0v) is 13.6. The van der Waals surface area contributed by atoms with Crippen molar-refractivity contribution in [1.82, 2.24) is 10.6 Å². The molecule has 1 saturated heterocycles. The Kier molecular flexibility index (Phi) is 7.10. The predicted octanol–water partition coefficient (Wildman–Crippen LogP) is 3.21. The van der Waals surface area contributed by atoms with Crippen LogP contribution in [0.2, 0.25) is 10.0 Å². The van der Waals surface area contributed by atoms with Gasteiger partial charge in [-0.2, -0.15) is 0 Å². The van der Waals surface area contributed by atoms with Crippen molar-refractivity contribution in [2.75, 3.05) is 6.54 Å². The van der Waals surface area contributed by atoms with E-state index < -0.39 is 0 Å². The Bertz CT molecular complexity index is 468. The van der Waals surface area contributed by atoms with Gasteiger partial charge in [-0.05, 0) is 44.0 Å². The molecule has 112 valence electrons. The second-order valence-electron chi connectivity index (χ2n) is 4.97. The molecule has 2 N–H and O–H groups in total. The number of benzene rings is 1. The van der Waals surface area contributed by atoms with Crippen molar-refractivity contribution in [3.63, 3.8) is 0 Å². The van der Waals surface area contributed by atoms with Crippen LogP contribution in [0.1, 0.15) is 25.3 Å². The van der Waals surface area contributed by atoms with Gasteiger partial charge < -0.3 is 10.6 Å². The van der Waals surface area contributed by atoms with E-state index in [1.807, 2.05) is 0 Å². The van der Waals surface area contributed by atoms with Crippen LogP contribution < -0.4 is 10.6 Å². The minimum atomic E-state index is 0. The summed E-state index contributed by atoms with van der Waals surface area (Å²) in [4.78, 5) is 12.0. The molecule has 0 bridgehead atoms. The number of halogens is 3. The summed E-state index contributed by atoms with van der Waals surface area (Å²) in [5, 5.41) is 7.55. The summed E-state index contributed by atoms with van der Waals surface area (Å²) in [6.45, 7) is 3.12. The summed E-state index contributed by atoms with van der Waals surface area (Å²) < 4.78 is 0. The summed E-state index contributed by atoms with van der Waals surface area (Å²) in [7, 11) is 0. The van der Waals surface area contributed by atoms with Gasteiger partial charge in [-0.3, -0.25) is 4.79 Å². The van der Waals surface area contributed by atoms with E-state index in [2.05, 4.69) is 17.6 Å². The maximum absolute atomic E-state index is 12.0. The fraction of sp³-hybridized carbons (Fsp3) is 0.500. The monoisotopic (exact) mass is 336 g/mol. The van der Waals surface area contributed by atoms with E-state index in [9.17, 15) is 4.79 Å². The maximum Gasteiger partial charge on any atom is 0.224 e. The summed E-state index contributed by atoms with van der Waals surface area (Å²) in [5.41, 5.74) is 0.806. The third-order valence-electron chi connectivity index (χ3n) is 3.47. The van der Waals surface area contributed by atoms with Crippen molar-refractivity contribution in [2.24, 2.45) is 0 Å². The lowest BCUT2D eigenvalue weighted by Crippen LogP contribution is -2.52. The van der Waals surface area contributed by atoms with Crippen LogP contribution in [0.25, 0.3) is 0 Å². The number of piperidine rings is 1. The molecule has 0 aromatic heterocycles. The maximum atomic E-state index is 12.0. The Balaban J connectivity index is 0.00000200. The molecule has 1 heterocycles. The summed E-state index contributed by atoms with van der Waals surface area (Å²) in [6, 6.07) is 5.73. The number of hydrogen-bond acceptors (Lipinski definition) is 2. The molecule has 2 atom stereocenters. The lowest BCUT2D eigenvalue weighted by molar-refractivity contribution is -0.121. The molecule has 1 fully saturated rings. The molecule has 0 spiro atoms. The van der Waals surface area contributed by atoms with Crippen LogP contribution in [0.3, 0.4) is 0 Å². The first kappa shape index (κ1) is 17.6. The normalized spacial score (nSPS) is 21.9. The van der Waals surface area contributed by atoms with Gasteiger partial charge in [0.15, 0.2) is 0 Å². The number of carbonyl (C=O) groups excluding carboxylic acids is 1. The van der Waals surface area contributed by atoms with Gasteiger partial charge >= 0.3 is 0 Å². The van der Waals surface area contributed by atoms with Crippen LogP contribution in [0.5, 0.6) is 0 Å². The van der Waals surface area contributed by atoms with Gasteiger partial charge in [-0.15, -0.1) is 12.4 Å². The van der Waals surface area contributed by atoms with Gasteiger partial charge in [0.05, 0.1) is 6.42 Å². The quantitative estimate of drug-likeness (QED) is 0.889. The highest BCUT2D eigenvalue weighted by molar-refractivity contribution is 6.35. The fourth-order valence-electron chi connectivity index (χ4n) is 2.34. The van der Waals surface area contributed by atoms with E-state index in [-0.39, 0.29) is 24.4 Å². The average Bonchev–Trinajstić information content (AvgIpc) is 2.36. The van der Waals surface area contributed by atoms with Crippen molar-refractivity contribution in [3.8, 4) is 0 Å². The molecule has 0 saturated carbocycles. The molecule has 1 aliphatic heterocycles. The van der Waals surface area contributed by atoms with E-state index >= 15 is 0 Å². The van der Waals surface area contributed by atoms with Crippen LogP contribution in [-0.2, 0) is 11.2 Å². The van der Waals surface area contributed by atoms with Gasteiger partial charge in [-0.25, -0.2) is 0 Å². The smallest absolute Gasteiger partial charge is 0.224 e. The zero-order valence-electron chi connectivity index (χ0n) is 11.3. The first-order valence-corrected chi connectivity index (χ1v) is 7.28. The number of rotatable bonds is 3. The summed E-state index contributed by atoms with van der Waals surface area (Å²) in [5.74, 6) is 0.00442. The van der Waals surface area contributed by atoms with Gasteiger partial charge in [0.1, 0.15) is 0 Å². The molecular weight excluding hydrogens is 319 g/mol. The van der Waals surface area contributed by atoms with Crippen molar-refractivity contribution in [2.45, 2.75) is 38.3 Å². The van der Waals surface area contributed by atoms with E-state index in [0.29, 0.717) is 22.5 Å². The molecular formula is C14H19Cl3N2O. The lowest BCUT2D eigenvalue weighted by Gasteiger charge is -2.30. The van der Waals surface area contributed by atoms with Crippen molar-refractivity contribution in [3.05, 3.63) is 33.8 Å². The Morgan fingerprint density at radius 3 is 2.85 bits per heavy atom. The highest BCUT2D eigenvalue weighted by Gasteiger charge is 2.22. The molecule has 1 amide bonds. The third-order valence-corrected chi connectivity index (χ3v) is 4.06. The predicted molar refractivity (Wildman–Crippen MR) is 86.0 cm³/mol. The molecule has 0 aliphatic carbocycles. The summed E-state index contributed by atoms with van der Waals surface area (Å²) in [6.07, 6.45) is 2.41. The number of amides is 1. The largest absolute Gasteiger partial charge is 0.352 e. The Labute approximate surface area is 135 Å². The van der Waals surface area contributed by atoms with Crippen LogP contribution in [0.4, 0.5) is 0 Å². The van der Waals surface area contributed by atoms with Gasteiger partial charge in [0.2, 0.25) is 5.91 Å². The average molecular weight is 338 g/mol. The Hall–Kier alpha value is -0.480. The zero-order chi connectivity index (χ0) is 13.8.